The Hall–Kier alpha value is -1.59. The number of aromatic nitrogens is 1. The predicted octanol–water partition coefficient (Wildman–Crippen LogP) is 2.92. The first kappa shape index (κ1) is 14.4. The van der Waals surface area contributed by atoms with Crippen LogP contribution in [0.4, 0.5) is 0 Å². The van der Waals surface area contributed by atoms with Crippen LogP contribution in [0.5, 0.6) is 0 Å². The average Bonchev–Trinajstić information content (AvgIpc) is 3.25. The molecular weight excluding hydrogens is 284 g/mol. The van der Waals surface area contributed by atoms with E-state index in [0.29, 0.717) is 17.5 Å². The maximum Gasteiger partial charge on any atom is 0.240 e. The van der Waals surface area contributed by atoms with Crippen LogP contribution in [0.15, 0.2) is 41.3 Å². The van der Waals surface area contributed by atoms with Crippen LogP contribution in [0, 0.1) is 13.8 Å². The molecule has 4 nitrogen and oxygen atoms in total. The first-order valence-corrected chi connectivity index (χ1v) is 8.69. The minimum atomic E-state index is -3.44. The van der Waals surface area contributed by atoms with Gasteiger partial charge in [-0.2, -0.15) is 0 Å². The highest BCUT2D eigenvalue weighted by Gasteiger charge is 2.27. The smallest absolute Gasteiger partial charge is 0.240 e. The molecule has 112 valence electrons. The molecule has 0 spiro atoms. The van der Waals surface area contributed by atoms with Gasteiger partial charge in [0.1, 0.15) is 0 Å². The Morgan fingerprint density at radius 2 is 1.86 bits per heavy atom. The molecule has 0 unspecified atom stereocenters. The van der Waals surface area contributed by atoms with Gasteiger partial charge in [-0.1, -0.05) is 18.2 Å². The van der Waals surface area contributed by atoms with E-state index in [1.54, 1.807) is 24.3 Å². The molecule has 0 amide bonds. The standard InChI is InChI=1S/C16H20N2O2S/c1-12-10-14(13(2)18(12)15-8-9-15)11-17-21(19,20)16-6-4-3-5-7-16/h3-7,10,15,17H,8-9,11H2,1-2H3. The van der Waals surface area contributed by atoms with E-state index in [2.05, 4.69) is 29.2 Å². The normalized spacial score (nSPS) is 15.3. The fourth-order valence-corrected chi connectivity index (χ4v) is 3.80. The second-order valence-corrected chi connectivity index (χ2v) is 7.40. The summed E-state index contributed by atoms with van der Waals surface area (Å²) in [5.41, 5.74) is 3.44. The molecule has 1 aromatic heterocycles. The molecule has 0 aliphatic heterocycles. The van der Waals surface area contributed by atoms with E-state index in [9.17, 15) is 8.42 Å². The fourth-order valence-electron chi connectivity index (χ4n) is 2.77. The largest absolute Gasteiger partial charge is 0.346 e. The zero-order chi connectivity index (χ0) is 15.0. The lowest BCUT2D eigenvalue weighted by atomic mass is 10.2. The molecule has 1 heterocycles. The molecule has 2 aromatic rings. The van der Waals surface area contributed by atoms with Crippen molar-refractivity contribution in [3.63, 3.8) is 0 Å². The lowest BCUT2D eigenvalue weighted by Gasteiger charge is -2.09. The second kappa shape index (κ2) is 5.31. The summed E-state index contributed by atoms with van der Waals surface area (Å²) in [6.07, 6.45) is 2.46. The zero-order valence-corrected chi connectivity index (χ0v) is 13.2. The van der Waals surface area contributed by atoms with E-state index in [1.165, 1.54) is 24.2 Å². The molecule has 5 heteroatoms. The molecule has 1 aliphatic carbocycles. The highest BCUT2D eigenvalue weighted by molar-refractivity contribution is 7.89. The average molecular weight is 304 g/mol. The van der Waals surface area contributed by atoms with Gasteiger partial charge in [0.2, 0.25) is 10.0 Å². The SMILES string of the molecule is Cc1cc(CNS(=O)(=O)c2ccccc2)c(C)n1C1CC1. The van der Waals surface area contributed by atoms with E-state index in [-0.39, 0.29) is 0 Å². The van der Waals surface area contributed by atoms with Gasteiger partial charge in [-0.15, -0.1) is 0 Å². The Bertz CT molecular complexity index is 744. The maximum atomic E-state index is 12.2. The molecule has 1 saturated carbocycles. The van der Waals surface area contributed by atoms with Crippen LogP contribution in [0.25, 0.3) is 0 Å². The van der Waals surface area contributed by atoms with Gasteiger partial charge < -0.3 is 4.57 Å². The predicted molar refractivity (Wildman–Crippen MR) is 82.6 cm³/mol. The lowest BCUT2D eigenvalue weighted by Crippen LogP contribution is -2.23. The number of rotatable bonds is 5. The molecule has 1 N–H and O–H groups in total. The van der Waals surface area contributed by atoms with Crippen LogP contribution >= 0.6 is 0 Å². The van der Waals surface area contributed by atoms with Gasteiger partial charge in [0.25, 0.3) is 0 Å². The van der Waals surface area contributed by atoms with Crippen molar-refractivity contribution in [1.82, 2.24) is 9.29 Å². The third-order valence-electron chi connectivity index (χ3n) is 4.01. The molecule has 0 bridgehead atoms. The number of aryl methyl sites for hydroxylation is 1. The Morgan fingerprint density at radius 3 is 2.48 bits per heavy atom. The van der Waals surface area contributed by atoms with Crippen molar-refractivity contribution < 1.29 is 8.42 Å². The summed E-state index contributed by atoms with van der Waals surface area (Å²) >= 11 is 0. The van der Waals surface area contributed by atoms with E-state index in [1.807, 2.05) is 6.07 Å². The van der Waals surface area contributed by atoms with Gasteiger partial charge in [0.05, 0.1) is 4.90 Å². The van der Waals surface area contributed by atoms with Gasteiger partial charge in [0.15, 0.2) is 0 Å². The monoisotopic (exact) mass is 304 g/mol. The maximum absolute atomic E-state index is 12.2. The Balaban J connectivity index is 1.78. The van der Waals surface area contributed by atoms with Crippen molar-refractivity contribution in [3.8, 4) is 0 Å². The zero-order valence-electron chi connectivity index (χ0n) is 12.3. The summed E-state index contributed by atoms with van der Waals surface area (Å²) < 4.78 is 29.5. The van der Waals surface area contributed by atoms with Gasteiger partial charge in [-0.05, 0) is 50.5 Å². The van der Waals surface area contributed by atoms with Crippen LogP contribution < -0.4 is 4.72 Å². The molecule has 21 heavy (non-hydrogen) atoms. The summed E-state index contributed by atoms with van der Waals surface area (Å²) in [6.45, 7) is 4.49. The van der Waals surface area contributed by atoms with Crippen LogP contribution in [-0.4, -0.2) is 13.0 Å². The minimum Gasteiger partial charge on any atom is -0.346 e. The van der Waals surface area contributed by atoms with E-state index in [0.717, 1.165) is 5.56 Å². The molecular formula is C16H20N2O2S. The summed E-state index contributed by atoms with van der Waals surface area (Å²) in [6, 6.07) is 11.2. The highest BCUT2D eigenvalue weighted by Crippen LogP contribution is 2.38. The van der Waals surface area contributed by atoms with Gasteiger partial charge in [0, 0.05) is 24.0 Å². The minimum absolute atomic E-state index is 0.306. The van der Waals surface area contributed by atoms with E-state index >= 15 is 0 Å². The number of nitrogens with one attached hydrogen (secondary N) is 1. The first-order chi connectivity index (χ1) is 9.99. The van der Waals surface area contributed by atoms with E-state index in [4.69, 9.17) is 0 Å². The van der Waals surface area contributed by atoms with Crippen LogP contribution in [-0.2, 0) is 16.6 Å². The molecule has 1 fully saturated rings. The summed E-state index contributed by atoms with van der Waals surface area (Å²) in [5, 5.41) is 0. The third kappa shape index (κ3) is 2.89. The topological polar surface area (TPSA) is 51.1 Å². The quantitative estimate of drug-likeness (QED) is 0.923. The summed E-state index contributed by atoms with van der Waals surface area (Å²) in [7, 11) is -3.44. The Morgan fingerprint density at radius 1 is 1.19 bits per heavy atom. The molecule has 0 radical (unpaired) electrons. The van der Waals surface area contributed by atoms with Gasteiger partial charge in [-0.25, -0.2) is 13.1 Å². The van der Waals surface area contributed by atoms with Crippen molar-refractivity contribution in [2.24, 2.45) is 0 Å². The number of hydrogen-bond acceptors (Lipinski definition) is 2. The van der Waals surface area contributed by atoms with Gasteiger partial charge >= 0.3 is 0 Å². The number of benzene rings is 1. The second-order valence-electron chi connectivity index (χ2n) is 5.64. The van der Waals surface area contributed by atoms with Crippen LogP contribution in [0.1, 0.15) is 35.8 Å². The molecule has 0 atom stereocenters. The van der Waals surface area contributed by atoms with E-state index < -0.39 is 10.0 Å². The summed E-state index contributed by atoms with van der Waals surface area (Å²) in [5.74, 6) is 0. The van der Waals surface area contributed by atoms with Crippen LogP contribution in [0.2, 0.25) is 0 Å². The van der Waals surface area contributed by atoms with Crippen molar-refractivity contribution in [3.05, 3.63) is 53.3 Å². The van der Waals surface area contributed by atoms with Gasteiger partial charge in [-0.3, -0.25) is 0 Å². The van der Waals surface area contributed by atoms with Crippen molar-refractivity contribution in [1.29, 1.82) is 0 Å². The first-order valence-electron chi connectivity index (χ1n) is 7.21. The van der Waals surface area contributed by atoms with Crippen molar-refractivity contribution in [2.45, 2.75) is 44.2 Å². The Labute approximate surface area is 125 Å². The number of sulfonamides is 1. The molecule has 1 aliphatic rings. The Kier molecular flexibility index (Phi) is 3.63. The number of hydrogen-bond donors (Lipinski definition) is 1. The fraction of sp³-hybridized carbons (Fsp3) is 0.375. The molecule has 0 saturated heterocycles. The summed E-state index contributed by atoms with van der Waals surface area (Å²) in [4.78, 5) is 0.306. The highest BCUT2D eigenvalue weighted by atomic mass is 32.2. The lowest BCUT2D eigenvalue weighted by molar-refractivity contribution is 0.581. The third-order valence-corrected chi connectivity index (χ3v) is 5.42. The van der Waals surface area contributed by atoms with Crippen LogP contribution in [0.3, 0.4) is 0 Å². The molecule has 3 rings (SSSR count). The molecule has 1 aromatic carbocycles. The number of nitrogens with zero attached hydrogens (tertiary/aromatic N) is 1. The van der Waals surface area contributed by atoms with Crippen molar-refractivity contribution in [2.75, 3.05) is 0 Å². The van der Waals surface area contributed by atoms with Crippen molar-refractivity contribution >= 4 is 10.0 Å².